The average molecular weight is 501 g/mol. The van der Waals surface area contributed by atoms with Gasteiger partial charge in [-0.05, 0) is 30.2 Å². The number of aliphatic imine (C=N–C) groups is 1. The molecule has 0 aliphatic rings. The van der Waals surface area contributed by atoms with Crippen LogP contribution in [0.25, 0.3) is 10.9 Å². The van der Waals surface area contributed by atoms with Crippen molar-refractivity contribution < 1.29 is 4.39 Å². The number of guanidine groups is 1. The summed E-state index contributed by atoms with van der Waals surface area (Å²) in [7, 11) is 1.75. The second-order valence-corrected chi connectivity index (χ2v) is 7.33. The molecule has 1 aromatic carbocycles. The van der Waals surface area contributed by atoms with Crippen LogP contribution in [0.1, 0.15) is 36.0 Å². The van der Waals surface area contributed by atoms with Gasteiger partial charge in [0.15, 0.2) is 5.96 Å². The number of aromatic amines is 1. The molecule has 2 heterocycles. The lowest BCUT2D eigenvalue weighted by Gasteiger charge is -2.10. The fourth-order valence-corrected chi connectivity index (χ4v) is 3.57. The van der Waals surface area contributed by atoms with Crippen LogP contribution >= 0.6 is 35.3 Å². The van der Waals surface area contributed by atoms with E-state index in [1.54, 1.807) is 30.5 Å². The zero-order chi connectivity index (χ0) is 18.5. The fourth-order valence-electron chi connectivity index (χ4n) is 2.74. The SMILES string of the molecule is CN=C(NCCc1c[nH]c2ccc(F)cc12)NCc1csc(C(C)C)n1.I. The molecule has 0 fully saturated rings. The Kier molecular flexibility index (Phi) is 8.03. The summed E-state index contributed by atoms with van der Waals surface area (Å²) in [5.74, 6) is 0.968. The number of thiazole rings is 1. The largest absolute Gasteiger partial charge is 0.361 e. The molecule has 0 saturated carbocycles. The first kappa shape index (κ1) is 21.6. The number of nitrogens with zero attached hydrogens (tertiary/aromatic N) is 2. The van der Waals surface area contributed by atoms with E-state index in [1.807, 2.05) is 6.20 Å². The van der Waals surface area contributed by atoms with Crippen LogP contribution in [0.5, 0.6) is 0 Å². The van der Waals surface area contributed by atoms with Crippen LogP contribution in [0.3, 0.4) is 0 Å². The highest BCUT2D eigenvalue weighted by Crippen LogP contribution is 2.20. The zero-order valence-electron chi connectivity index (χ0n) is 15.7. The van der Waals surface area contributed by atoms with Crippen LogP contribution in [0.2, 0.25) is 0 Å². The minimum Gasteiger partial charge on any atom is -0.361 e. The third-order valence-corrected chi connectivity index (χ3v) is 5.33. The minimum absolute atomic E-state index is 0. The molecule has 0 atom stereocenters. The molecule has 0 aliphatic carbocycles. The predicted octanol–water partition coefficient (Wildman–Crippen LogP) is 4.41. The number of halogens is 2. The Morgan fingerprint density at radius 2 is 2.15 bits per heavy atom. The van der Waals surface area contributed by atoms with Crippen molar-refractivity contribution in [2.24, 2.45) is 4.99 Å². The molecular formula is C19H25FIN5S. The minimum atomic E-state index is -0.215. The number of fused-ring (bicyclic) bond motifs is 1. The van der Waals surface area contributed by atoms with E-state index < -0.39 is 0 Å². The van der Waals surface area contributed by atoms with Crippen molar-refractivity contribution in [3.63, 3.8) is 0 Å². The standard InChI is InChI=1S/C19H24FN5S.HI/c1-12(2)18-25-15(11-26-18)10-24-19(21-3)22-7-6-13-9-23-17-5-4-14(20)8-16(13)17;/h4-5,8-9,11-12,23H,6-7,10H2,1-3H3,(H2,21,22,24);1H. The molecule has 8 heteroatoms. The highest BCUT2D eigenvalue weighted by molar-refractivity contribution is 14.0. The lowest BCUT2D eigenvalue weighted by Crippen LogP contribution is -2.37. The van der Waals surface area contributed by atoms with Crippen LogP contribution in [0.4, 0.5) is 4.39 Å². The third kappa shape index (κ3) is 5.65. The molecular weight excluding hydrogens is 476 g/mol. The Hall–Kier alpha value is -1.68. The summed E-state index contributed by atoms with van der Waals surface area (Å²) < 4.78 is 13.4. The van der Waals surface area contributed by atoms with Gasteiger partial charge in [-0.2, -0.15) is 0 Å². The molecule has 27 heavy (non-hydrogen) atoms. The van der Waals surface area contributed by atoms with Crippen LogP contribution in [-0.4, -0.2) is 29.5 Å². The molecule has 3 rings (SSSR count). The highest BCUT2D eigenvalue weighted by atomic mass is 127. The van der Waals surface area contributed by atoms with Gasteiger partial charge in [-0.3, -0.25) is 4.99 Å². The molecule has 0 spiro atoms. The Bertz CT molecular complexity index is 903. The number of rotatable bonds is 6. The van der Waals surface area contributed by atoms with E-state index in [9.17, 15) is 4.39 Å². The quantitative estimate of drug-likeness (QED) is 0.266. The van der Waals surface area contributed by atoms with E-state index in [1.165, 1.54) is 6.07 Å². The molecule has 0 unspecified atom stereocenters. The third-order valence-electron chi connectivity index (χ3n) is 4.14. The van der Waals surface area contributed by atoms with Crippen LogP contribution in [0, 0.1) is 5.82 Å². The summed E-state index contributed by atoms with van der Waals surface area (Å²) in [5.41, 5.74) is 3.06. The van der Waals surface area contributed by atoms with E-state index in [0.29, 0.717) is 19.0 Å². The van der Waals surface area contributed by atoms with Crippen molar-refractivity contribution in [2.45, 2.75) is 32.7 Å². The highest BCUT2D eigenvalue weighted by Gasteiger charge is 2.07. The van der Waals surface area contributed by atoms with Crippen molar-refractivity contribution in [1.82, 2.24) is 20.6 Å². The average Bonchev–Trinajstić information content (AvgIpc) is 3.25. The van der Waals surface area contributed by atoms with E-state index in [4.69, 9.17) is 0 Å². The van der Waals surface area contributed by atoms with Crippen LogP contribution < -0.4 is 10.6 Å². The van der Waals surface area contributed by atoms with Gasteiger partial charge in [0.25, 0.3) is 0 Å². The summed E-state index contributed by atoms with van der Waals surface area (Å²) in [6.45, 7) is 5.64. The van der Waals surface area contributed by atoms with Crippen molar-refractivity contribution in [1.29, 1.82) is 0 Å². The number of benzene rings is 1. The van der Waals surface area contributed by atoms with Gasteiger partial charge in [-0.1, -0.05) is 13.8 Å². The monoisotopic (exact) mass is 501 g/mol. The summed E-state index contributed by atoms with van der Waals surface area (Å²) in [4.78, 5) is 12.0. The normalized spacial score (nSPS) is 11.7. The molecule has 0 bridgehead atoms. The molecule has 146 valence electrons. The first-order valence-electron chi connectivity index (χ1n) is 8.71. The molecule has 0 amide bonds. The molecule has 0 saturated heterocycles. The second kappa shape index (κ2) is 10.0. The topological polar surface area (TPSA) is 65.1 Å². The number of H-pyrrole nitrogens is 1. The number of aromatic nitrogens is 2. The van der Waals surface area contributed by atoms with Crippen molar-refractivity contribution in [2.75, 3.05) is 13.6 Å². The smallest absolute Gasteiger partial charge is 0.191 e. The van der Waals surface area contributed by atoms with Gasteiger partial charge in [-0.15, -0.1) is 35.3 Å². The fraction of sp³-hybridized carbons (Fsp3) is 0.368. The van der Waals surface area contributed by atoms with E-state index in [-0.39, 0.29) is 29.8 Å². The second-order valence-electron chi connectivity index (χ2n) is 6.44. The molecule has 0 aliphatic heterocycles. The van der Waals surface area contributed by atoms with Crippen LogP contribution in [0.15, 0.2) is 34.8 Å². The Morgan fingerprint density at radius 3 is 2.85 bits per heavy atom. The Morgan fingerprint density at radius 1 is 1.33 bits per heavy atom. The maximum absolute atomic E-state index is 13.4. The lowest BCUT2D eigenvalue weighted by atomic mass is 10.1. The van der Waals surface area contributed by atoms with Gasteiger partial charge in [0, 0.05) is 42.0 Å². The van der Waals surface area contributed by atoms with Gasteiger partial charge < -0.3 is 15.6 Å². The van der Waals surface area contributed by atoms with Crippen LogP contribution in [-0.2, 0) is 13.0 Å². The van der Waals surface area contributed by atoms with Gasteiger partial charge in [0.05, 0.1) is 17.2 Å². The lowest BCUT2D eigenvalue weighted by molar-refractivity contribution is 0.629. The summed E-state index contributed by atoms with van der Waals surface area (Å²) in [6.07, 6.45) is 2.71. The van der Waals surface area contributed by atoms with E-state index >= 15 is 0 Å². The molecule has 3 aromatic rings. The molecule has 0 radical (unpaired) electrons. The molecule has 2 aromatic heterocycles. The Labute approximate surface area is 179 Å². The Balaban J connectivity index is 0.00000261. The number of hydrogen-bond donors (Lipinski definition) is 3. The van der Waals surface area contributed by atoms with Gasteiger partial charge >= 0.3 is 0 Å². The van der Waals surface area contributed by atoms with Crippen molar-refractivity contribution in [3.05, 3.63) is 51.9 Å². The van der Waals surface area contributed by atoms with Gasteiger partial charge in [-0.25, -0.2) is 9.37 Å². The van der Waals surface area contributed by atoms with E-state index in [2.05, 4.69) is 44.8 Å². The van der Waals surface area contributed by atoms with Gasteiger partial charge in [0.1, 0.15) is 5.82 Å². The molecule has 5 nitrogen and oxygen atoms in total. The summed E-state index contributed by atoms with van der Waals surface area (Å²) in [5, 5.41) is 10.7. The zero-order valence-corrected chi connectivity index (χ0v) is 18.8. The maximum Gasteiger partial charge on any atom is 0.191 e. The van der Waals surface area contributed by atoms with Crippen molar-refractivity contribution >= 4 is 52.2 Å². The number of hydrogen-bond acceptors (Lipinski definition) is 3. The van der Waals surface area contributed by atoms with E-state index in [0.717, 1.165) is 39.5 Å². The molecule has 3 N–H and O–H groups in total. The maximum atomic E-state index is 13.4. The first-order chi connectivity index (χ1) is 12.6. The number of nitrogens with one attached hydrogen (secondary N) is 3. The predicted molar refractivity (Wildman–Crippen MR) is 122 cm³/mol. The summed E-state index contributed by atoms with van der Waals surface area (Å²) in [6, 6.07) is 4.81. The first-order valence-corrected chi connectivity index (χ1v) is 9.59. The van der Waals surface area contributed by atoms with Gasteiger partial charge in [0.2, 0.25) is 0 Å². The van der Waals surface area contributed by atoms with Crippen molar-refractivity contribution in [3.8, 4) is 0 Å². The summed E-state index contributed by atoms with van der Waals surface area (Å²) >= 11 is 1.69.